The highest BCUT2D eigenvalue weighted by atomic mass is 32.2. The molecule has 7 nitrogen and oxygen atoms in total. The van der Waals surface area contributed by atoms with Gasteiger partial charge in [0.25, 0.3) is 0 Å². The lowest BCUT2D eigenvalue weighted by atomic mass is 10.2. The van der Waals surface area contributed by atoms with Crippen LogP contribution in [0.2, 0.25) is 0 Å². The largest absolute Gasteiger partial charge is 0.325 e. The van der Waals surface area contributed by atoms with Crippen molar-refractivity contribution < 1.29 is 21.6 Å². The maximum atomic E-state index is 12.3. The van der Waals surface area contributed by atoms with Gasteiger partial charge in [-0.25, -0.2) is 21.6 Å². The van der Waals surface area contributed by atoms with Gasteiger partial charge in [-0.05, 0) is 49.7 Å². The zero-order chi connectivity index (χ0) is 20.8. The quantitative estimate of drug-likeness (QED) is 0.601. The molecule has 0 unspecified atom stereocenters. The van der Waals surface area contributed by atoms with Gasteiger partial charge >= 0.3 is 0 Å². The molecule has 9 heteroatoms. The van der Waals surface area contributed by atoms with Crippen molar-refractivity contribution in [3.05, 3.63) is 54.1 Å². The average molecular weight is 425 g/mol. The van der Waals surface area contributed by atoms with Gasteiger partial charge < -0.3 is 5.32 Å². The fourth-order valence-electron chi connectivity index (χ4n) is 2.38. The molecule has 0 aliphatic rings. The van der Waals surface area contributed by atoms with E-state index in [1.807, 2.05) is 13.8 Å². The Morgan fingerprint density at radius 3 is 2.04 bits per heavy atom. The Morgan fingerprint density at radius 1 is 0.893 bits per heavy atom. The number of rotatable bonds is 9. The number of amides is 1. The molecule has 2 rings (SSSR count). The summed E-state index contributed by atoms with van der Waals surface area (Å²) >= 11 is 0. The number of carbonyl (C=O) groups is 1. The van der Waals surface area contributed by atoms with Gasteiger partial charge in [0.2, 0.25) is 15.9 Å². The molecule has 2 N–H and O–H groups in total. The summed E-state index contributed by atoms with van der Waals surface area (Å²) in [6.07, 6.45) is 1.61. The van der Waals surface area contributed by atoms with E-state index in [0.29, 0.717) is 12.2 Å². The van der Waals surface area contributed by atoms with Crippen LogP contribution in [0.5, 0.6) is 0 Å². The first-order valence-electron chi connectivity index (χ1n) is 8.83. The first-order chi connectivity index (χ1) is 13.1. The van der Waals surface area contributed by atoms with Crippen molar-refractivity contribution in [1.82, 2.24) is 4.72 Å². The molecule has 2 aromatic rings. The van der Waals surface area contributed by atoms with Gasteiger partial charge in [-0.1, -0.05) is 31.0 Å². The molecular weight excluding hydrogens is 400 g/mol. The third-order valence-corrected chi connectivity index (χ3v) is 7.08. The van der Waals surface area contributed by atoms with Crippen LogP contribution in [0.1, 0.15) is 25.3 Å². The lowest BCUT2D eigenvalue weighted by molar-refractivity contribution is -0.113. The molecule has 0 atom stereocenters. The van der Waals surface area contributed by atoms with E-state index in [0.717, 1.165) is 18.4 Å². The summed E-state index contributed by atoms with van der Waals surface area (Å²) in [6, 6.07) is 11.8. The molecule has 0 saturated heterocycles. The average Bonchev–Trinajstić information content (AvgIpc) is 2.62. The Kier molecular flexibility index (Phi) is 7.34. The number of hydrogen-bond donors (Lipinski definition) is 2. The smallest absolute Gasteiger partial charge is 0.240 e. The molecular formula is C19H24N2O5S2. The second-order valence-corrected chi connectivity index (χ2v) is 10.2. The van der Waals surface area contributed by atoms with E-state index in [2.05, 4.69) is 10.0 Å². The van der Waals surface area contributed by atoms with Crippen molar-refractivity contribution in [3.63, 3.8) is 0 Å². The predicted octanol–water partition coefficient (Wildman–Crippen LogP) is 2.49. The van der Waals surface area contributed by atoms with E-state index in [9.17, 15) is 21.6 Å². The Hall–Kier alpha value is -2.23. The molecule has 0 radical (unpaired) electrons. The van der Waals surface area contributed by atoms with Crippen molar-refractivity contribution in [3.8, 4) is 0 Å². The summed E-state index contributed by atoms with van der Waals surface area (Å²) in [7, 11) is -7.36. The van der Waals surface area contributed by atoms with Gasteiger partial charge in [0.15, 0.2) is 9.84 Å². The number of hydrogen-bond acceptors (Lipinski definition) is 5. The summed E-state index contributed by atoms with van der Waals surface area (Å²) in [6.45, 7) is 4.16. The summed E-state index contributed by atoms with van der Waals surface area (Å²) in [4.78, 5) is 12.3. The molecule has 0 aliphatic heterocycles. The highest BCUT2D eigenvalue weighted by molar-refractivity contribution is 7.92. The zero-order valence-corrected chi connectivity index (χ0v) is 17.4. The molecule has 0 aliphatic carbocycles. The normalized spacial score (nSPS) is 11.9. The van der Waals surface area contributed by atoms with Crippen LogP contribution in [0.4, 0.5) is 5.69 Å². The van der Waals surface area contributed by atoms with Gasteiger partial charge in [-0.3, -0.25) is 4.79 Å². The van der Waals surface area contributed by atoms with Crippen LogP contribution in [0, 0.1) is 6.92 Å². The van der Waals surface area contributed by atoms with E-state index in [-0.39, 0.29) is 9.79 Å². The predicted molar refractivity (Wildman–Crippen MR) is 108 cm³/mol. The second-order valence-electron chi connectivity index (χ2n) is 6.40. The molecule has 28 heavy (non-hydrogen) atoms. The first kappa shape index (κ1) is 22.1. The number of aryl methyl sites for hydroxylation is 1. The molecule has 0 aromatic heterocycles. The third-order valence-electron chi connectivity index (χ3n) is 3.97. The molecule has 0 bridgehead atoms. The number of anilines is 1. The van der Waals surface area contributed by atoms with Crippen molar-refractivity contribution in [1.29, 1.82) is 0 Å². The maximum Gasteiger partial charge on any atom is 0.240 e. The Morgan fingerprint density at radius 2 is 1.46 bits per heavy atom. The van der Waals surface area contributed by atoms with Crippen LogP contribution < -0.4 is 10.0 Å². The number of nitrogens with one attached hydrogen (secondary N) is 2. The van der Waals surface area contributed by atoms with Crippen molar-refractivity contribution in [2.75, 3.05) is 17.6 Å². The van der Waals surface area contributed by atoms with E-state index < -0.39 is 31.5 Å². The number of sulfonamides is 1. The zero-order valence-electron chi connectivity index (χ0n) is 15.8. The third kappa shape index (κ3) is 6.15. The summed E-state index contributed by atoms with van der Waals surface area (Å²) in [5.74, 6) is -1.40. The molecule has 152 valence electrons. The highest BCUT2D eigenvalue weighted by Crippen LogP contribution is 2.16. The topological polar surface area (TPSA) is 109 Å². The van der Waals surface area contributed by atoms with Crippen LogP contribution in [-0.4, -0.2) is 35.0 Å². The Bertz CT molecular complexity index is 1010. The number of carbonyl (C=O) groups excluding carboxylic acids is 1. The van der Waals surface area contributed by atoms with Gasteiger partial charge in [-0.2, -0.15) is 0 Å². The monoisotopic (exact) mass is 424 g/mol. The van der Waals surface area contributed by atoms with E-state index in [1.165, 1.54) is 36.4 Å². The van der Waals surface area contributed by atoms with E-state index >= 15 is 0 Å². The highest BCUT2D eigenvalue weighted by Gasteiger charge is 2.19. The van der Waals surface area contributed by atoms with Crippen molar-refractivity contribution >= 4 is 31.5 Å². The minimum absolute atomic E-state index is 0.0767. The summed E-state index contributed by atoms with van der Waals surface area (Å²) < 4.78 is 51.4. The minimum Gasteiger partial charge on any atom is -0.325 e. The lowest BCUT2D eigenvalue weighted by Gasteiger charge is -2.09. The summed E-state index contributed by atoms with van der Waals surface area (Å²) in [5.41, 5.74) is 1.24. The summed E-state index contributed by atoms with van der Waals surface area (Å²) in [5, 5.41) is 2.48. The first-order valence-corrected chi connectivity index (χ1v) is 12.0. The van der Waals surface area contributed by atoms with Crippen LogP contribution in [-0.2, 0) is 24.7 Å². The van der Waals surface area contributed by atoms with Gasteiger partial charge in [-0.15, -0.1) is 0 Å². The van der Waals surface area contributed by atoms with Gasteiger partial charge in [0.05, 0.1) is 9.79 Å². The van der Waals surface area contributed by atoms with Gasteiger partial charge in [0.1, 0.15) is 5.75 Å². The fraction of sp³-hybridized carbons (Fsp3) is 0.316. The van der Waals surface area contributed by atoms with Crippen molar-refractivity contribution in [2.24, 2.45) is 0 Å². The van der Waals surface area contributed by atoms with Crippen LogP contribution >= 0.6 is 0 Å². The lowest BCUT2D eigenvalue weighted by Crippen LogP contribution is -2.25. The number of sulfone groups is 1. The van der Waals surface area contributed by atoms with Crippen molar-refractivity contribution in [2.45, 2.75) is 36.5 Å². The van der Waals surface area contributed by atoms with Gasteiger partial charge in [0, 0.05) is 12.2 Å². The van der Waals surface area contributed by atoms with Crippen LogP contribution in [0.25, 0.3) is 0 Å². The van der Waals surface area contributed by atoms with Crippen LogP contribution in [0.15, 0.2) is 58.3 Å². The number of unbranched alkanes of at least 4 members (excludes halogenated alkanes) is 1. The van der Waals surface area contributed by atoms with E-state index in [4.69, 9.17) is 0 Å². The molecule has 0 heterocycles. The standard InChI is InChI=1S/C19H24N2O5S2/c1-3-4-13-20-28(25,26)18-11-7-16(8-12-18)21-19(22)14-27(23,24)17-9-5-15(2)6-10-17/h5-12,20H,3-4,13-14H2,1-2H3,(H,21,22). The minimum atomic E-state index is -3.76. The molecule has 2 aromatic carbocycles. The molecule has 0 spiro atoms. The van der Waals surface area contributed by atoms with E-state index in [1.54, 1.807) is 12.1 Å². The molecule has 0 fully saturated rings. The molecule has 1 amide bonds. The second kappa shape index (κ2) is 9.31. The fourth-order valence-corrected chi connectivity index (χ4v) is 4.59. The SMILES string of the molecule is CCCCNS(=O)(=O)c1ccc(NC(=O)CS(=O)(=O)c2ccc(C)cc2)cc1. The van der Waals surface area contributed by atoms with Crippen LogP contribution in [0.3, 0.4) is 0 Å². The molecule has 0 saturated carbocycles. The Labute approximate surface area is 166 Å². The maximum absolute atomic E-state index is 12.3. The Balaban J connectivity index is 2.01. The number of benzene rings is 2.